The molecule has 3 nitrogen and oxygen atoms in total. The first-order chi connectivity index (χ1) is 11.2. The van der Waals surface area contributed by atoms with Crippen LogP contribution < -0.4 is 15.2 Å². The molecular formula is C19H16BrNO2. The molecule has 0 heterocycles. The monoisotopic (exact) mass is 369 g/mol. The number of rotatable bonds is 5. The van der Waals surface area contributed by atoms with Crippen LogP contribution in [0.3, 0.4) is 0 Å². The van der Waals surface area contributed by atoms with Gasteiger partial charge in [-0.3, -0.25) is 0 Å². The zero-order chi connectivity index (χ0) is 16.1. The van der Waals surface area contributed by atoms with E-state index < -0.39 is 0 Å². The number of nitrogen functional groups attached to an aromatic ring is 1. The Bertz CT molecular complexity index is 776. The molecule has 116 valence electrons. The van der Waals surface area contributed by atoms with E-state index in [4.69, 9.17) is 15.2 Å². The number of halogens is 1. The predicted molar refractivity (Wildman–Crippen MR) is 95.8 cm³/mol. The van der Waals surface area contributed by atoms with Gasteiger partial charge in [0.15, 0.2) is 0 Å². The summed E-state index contributed by atoms with van der Waals surface area (Å²) in [5.74, 6) is 2.02. The van der Waals surface area contributed by atoms with Crippen LogP contribution in [0, 0.1) is 0 Å². The molecule has 3 aromatic rings. The van der Waals surface area contributed by atoms with Crippen LogP contribution >= 0.6 is 15.9 Å². The lowest BCUT2D eigenvalue weighted by Crippen LogP contribution is -2.00. The predicted octanol–water partition coefficient (Wildman–Crippen LogP) is 5.40. The first-order valence-electron chi connectivity index (χ1n) is 7.21. The van der Waals surface area contributed by atoms with Gasteiger partial charge in [-0.2, -0.15) is 0 Å². The number of benzene rings is 3. The average molecular weight is 370 g/mol. The van der Waals surface area contributed by atoms with Gasteiger partial charge in [-0.05, 0) is 39.7 Å². The quantitative estimate of drug-likeness (QED) is 0.612. The van der Waals surface area contributed by atoms with Crippen LogP contribution in [0.1, 0.15) is 5.56 Å². The van der Waals surface area contributed by atoms with Crippen molar-refractivity contribution in [1.29, 1.82) is 0 Å². The Balaban J connectivity index is 1.79. The molecule has 0 saturated carbocycles. The normalized spacial score (nSPS) is 10.3. The van der Waals surface area contributed by atoms with Gasteiger partial charge < -0.3 is 15.2 Å². The molecule has 0 radical (unpaired) electrons. The van der Waals surface area contributed by atoms with Crippen molar-refractivity contribution in [3.05, 3.63) is 82.8 Å². The Morgan fingerprint density at radius 2 is 1.48 bits per heavy atom. The van der Waals surface area contributed by atoms with Crippen molar-refractivity contribution in [1.82, 2.24) is 0 Å². The topological polar surface area (TPSA) is 44.5 Å². The lowest BCUT2D eigenvalue weighted by Gasteiger charge is -2.13. The third-order valence-electron chi connectivity index (χ3n) is 3.28. The van der Waals surface area contributed by atoms with Crippen LogP contribution in [0.25, 0.3) is 0 Å². The molecule has 0 atom stereocenters. The molecule has 0 aliphatic heterocycles. The average Bonchev–Trinajstić information content (AvgIpc) is 2.58. The minimum absolute atomic E-state index is 0.451. The van der Waals surface area contributed by atoms with E-state index in [0.29, 0.717) is 23.8 Å². The third-order valence-corrected chi connectivity index (χ3v) is 3.94. The zero-order valence-electron chi connectivity index (χ0n) is 12.4. The lowest BCUT2D eigenvalue weighted by atomic mass is 10.2. The van der Waals surface area contributed by atoms with Gasteiger partial charge in [0.2, 0.25) is 0 Å². The Kier molecular flexibility index (Phi) is 4.83. The van der Waals surface area contributed by atoms with E-state index >= 15 is 0 Å². The standard InChI is InChI=1S/C19H16BrNO2/c20-17-11-16(23-15-9-5-2-6-10-15)12-18(19(17)21)22-13-14-7-3-1-4-8-14/h1-12H,13,21H2. The number of ether oxygens (including phenoxy) is 2. The molecule has 0 bridgehead atoms. The number of nitrogens with two attached hydrogens (primary N) is 1. The van der Waals surface area contributed by atoms with E-state index in [1.807, 2.05) is 66.7 Å². The van der Waals surface area contributed by atoms with Crippen molar-refractivity contribution in [2.24, 2.45) is 0 Å². The molecule has 3 rings (SSSR count). The van der Waals surface area contributed by atoms with Crippen molar-refractivity contribution in [3.8, 4) is 17.2 Å². The molecule has 4 heteroatoms. The number of para-hydroxylation sites is 1. The molecular weight excluding hydrogens is 354 g/mol. The fourth-order valence-corrected chi connectivity index (χ4v) is 2.53. The smallest absolute Gasteiger partial charge is 0.147 e. The Morgan fingerprint density at radius 1 is 0.826 bits per heavy atom. The molecule has 0 saturated heterocycles. The molecule has 0 unspecified atom stereocenters. The van der Waals surface area contributed by atoms with Gasteiger partial charge in [0.25, 0.3) is 0 Å². The van der Waals surface area contributed by atoms with Crippen LogP contribution in [0.4, 0.5) is 5.69 Å². The molecule has 0 spiro atoms. The van der Waals surface area contributed by atoms with Crippen molar-refractivity contribution < 1.29 is 9.47 Å². The van der Waals surface area contributed by atoms with E-state index in [0.717, 1.165) is 15.8 Å². The SMILES string of the molecule is Nc1c(Br)cc(Oc2ccccc2)cc1OCc1ccccc1. The summed E-state index contributed by atoms with van der Waals surface area (Å²) >= 11 is 3.45. The summed E-state index contributed by atoms with van der Waals surface area (Å²) in [6.07, 6.45) is 0. The number of hydrogen-bond acceptors (Lipinski definition) is 3. The van der Waals surface area contributed by atoms with E-state index in [2.05, 4.69) is 15.9 Å². The number of anilines is 1. The van der Waals surface area contributed by atoms with Crippen molar-refractivity contribution in [2.45, 2.75) is 6.61 Å². The molecule has 0 fully saturated rings. The maximum absolute atomic E-state index is 6.08. The second kappa shape index (κ2) is 7.20. The van der Waals surface area contributed by atoms with Gasteiger partial charge in [-0.15, -0.1) is 0 Å². The highest BCUT2D eigenvalue weighted by Crippen LogP contribution is 2.36. The highest BCUT2D eigenvalue weighted by atomic mass is 79.9. The molecule has 3 aromatic carbocycles. The van der Waals surface area contributed by atoms with Crippen molar-refractivity contribution in [2.75, 3.05) is 5.73 Å². The fraction of sp³-hybridized carbons (Fsp3) is 0.0526. The zero-order valence-corrected chi connectivity index (χ0v) is 14.0. The first kappa shape index (κ1) is 15.4. The van der Waals surface area contributed by atoms with E-state index in [9.17, 15) is 0 Å². The van der Waals surface area contributed by atoms with Crippen LogP contribution in [0.5, 0.6) is 17.2 Å². The fourth-order valence-electron chi connectivity index (χ4n) is 2.11. The second-order valence-corrected chi connectivity index (χ2v) is 5.86. The van der Waals surface area contributed by atoms with Gasteiger partial charge in [-0.25, -0.2) is 0 Å². The third kappa shape index (κ3) is 4.05. The molecule has 0 aliphatic carbocycles. The number of hydrogen-bond donors (Lipinski definition) is 1. The minimum atomic E-state index is 0.451. The maximum Gasteiger partial charge on any atom is 0.147 e. The van der Waals surface area contributed by atoms with Crippen LogP contribution in [-0.2, 0) is 6.61 Å². The summed E-state index contributed by atoms with van der Waals surface area (Å²) in [6, 6.07) is 23.2. The Labute approximate surface area is 143 Å². The molecule has 23 heavy (non-hydrogen) atoms. The largest absolute Gasteiger partial charge is 0.487 e. The van der Waals surface area contributed by atoms with Crippen LogP contribution in [-0.4, -0.2) is 0 Å². The Hall–Kier alpha value is -2.46. The summed E-state index contributed by atoms with van der Waals surface area (Å²) < 4.78 is 12.4. The highest BCUT2D eigenvalue weighted by Gasteiger charge is 2.09. The summed E-state index contributed by atoms with van der Waals surface area (Å²) in [7, 11) is 0. The van der Waals surface area contributed by atoms with Gasteiger partial charge in [0.05, 0.1) is 5.69 Å². The summed E-state index contributed by atoms with van der Waals surface area (Å²) in [5.41, 5.74) is 7.72. The summed E-state index contributed by atoms with van der Waals surface area (Å²) in [4.78, 5) is 0. The maximum atomic E-state index is 6.08. The molecule has 0 aromatic heterocycles. The van der Waals surface area contributed by atoms with Crippen LogP contribution in [0.15, 0.2) is 77.3 Å². The van der Waals surface area contributed by atoms with E-state index in [-0.39, 0.29) is 0 Å². The lowest BCUT2D eigenvalue weighted by molar-refractivity contribution is 0.306. The van der Waals surface area contributed by atoms with Gasteiger partial charge >= 0.3 is 0 Å². The molecule has 0 aliphatic rings. The Morgan fingerprint density at radius 3 is 2.17 bits per heavy atom. The second-order valence-electron chi connectivity index (χ2n) is 5.01. The summed E-state index contributed by atoms with van der Waals surface area (Å²) in [6.45, 7) is 0.451. The van der Waals surface area contributed by atoms with E-state index in [1.54, 1.807) is 6.07 Å². The van der Waals surface area contributed by atoms with Crippen molar-refractivity contribution >= 4 is 21.6 Å². The summed E-state index contributed by atoms with van der Waals surface area (Å²) in [5, 5.41) is 0. The first-order valence-corrected chi connectivity index (χ1v) is 8.00. The molecule has 2 N–H and O–H groups in total. The van der Waals surface area contributed by atoms with Gasteiger partial charge in [-0.1, -0.05) is 48.5 Å². The molecule has 0 amide bonds. The van der Waals surface area contributed by atoms with E-state index in [1.165, 1.54) is 0 Å². The van der Waals surface area contributed by atoms with Crippen LogP contribution in [0.2, 0.25) is 0 Å². The minimum Gasteiger partial charge on any atom is -0.487 e. The van der Waals surface area contributed by atoms with Gasteiger partial charge in [0.1, 0.15) is 23.9 Å². The highest BCUT2D eigenvalue weighted by molar-refractivity contribution is 9.10. The van der Waals surface area contributed by atoms with Crippen molar-refractivity contribution in [3.63, 3.8) is 0 Å². The van der Waals surface area contributed by atoms with Gasteiger partial charge in [0, 0.05) is 10.5 Å².